The molecule has 0 aliphatic heterocycles. The van der Waals surface area contributed by atoms with Gasteiger partial charge in [0.1, 0.15) is 0 Å². The number of aromatic amines is 1. The topological polar surface area (TPSA) is 35.8 Å². The molecule has 22 heavy (non-hydrogen) atoms. The predicted molar refractivity (Wildman–Crippen MR) is 85.6 cm³/mol. The zero-order chi connectivity index (χ0) is 15.0. The Kier molecular flexibility index (Phi) is 4.71. The number of nitrogens with one attached hydrogen (secondary N) is 1. The zero-order valence-electron chi connectivity index (χ0n) is 13.4. The van der Waals surface area contributed by atoms with Crippen LogP contribution in [0.1, 0.15) is 17.0 Å². The molecule has 116 valence electrons. The van der Waals surface area contributed by atoms with Crippen LogP contribution in [0.15, 0.2) is 36.7 Å². The van der Waals surface area contributed by atoms with E-state index in [1.54, 1.807) is 0 Å². The third-order valence-corrected chi connectivity index (χ3v) is 3.87. The number of hydrogen-bond donors (Lipinski definition) is 1. The molecule has 3 aromatic rings. The maximum atomic E-state index is 4.68. The van der Waals surface area contributed by atoms with Gasteiger partial charge >= 0.3 is 0 Å². The van der Waals surface area contributed by atoms with Crippen molar-refractivity contribution in [2.45, 2.75) is 20.4 Å². The van der Waals surface area contributed by atoms with Crippen LogP contribution in [0.2, 0.25) is 0 Å². The Hall–Kier alpha value is -2.07. The summed E-state index contributed by atoms with van der Waals surface area (Å²) in [4.78, 5) is 10.2. The molecule has 0 bridgehead atoms. The molecule has 1 aromatic carbocycles. The molecule has 0 amide bonds. The average molecular weight is 317 g/mol. The Morgan fingerprint density at radius 1 is 1.09 bits per heavy atom. The number of benzene rings is 1. The fourth-order valence-corrected chi connectivity index (χ4v) is 2.42. The number of imidazole rings is 1. The molecule has 2 aromatic heterocycles. The second-order valence-electron chi connectivity index (χ2n) is 5.76. The van der Waals surface area contributed by atoms with Gasteiger partial charge in [-0.25, -0.2) is 4.98 Å². The smallest absolute Gasteiger partial charge is 0.205 e. The number of aromatic nitrogens is 3. The first-order valence-corrected chi connectivity index (χ1v) is 7.15. The first kappa shape index (κ1) is 16.3. The molecule has 0 aliphatic carbocycles. The van der Waals surface area contributed by atoms with Gasteiger partial charge in [-0.05, 0) is 37.1 Å². The standard InChI is InChI=1S/C17H21N4.ClH/c1-12-9-15-16(10-13(12)2)19-17(18-15)11-21-7-5-14(6-8-21)20(3)4;/h5-10H,11H2,1-4H3,(H,18,19);1H/q+1;/p-1. The molecule has 0 fully saturated rings. The molecular formula is C17H21ClN4. The van der Waals surface area contributed by atoms with Crippen LogP contribution in [-0.2, 0) is 6.54 Å². The highest BCUT2D eigenvalue weighted by molar-refractivity contribution is 5.77. The van der Waals surface area contributed by atoms with E-state index in [1.807, 2.05) is 14.1 Å². The first-order valence-electron chi connectivity index (χ1n) is 7.15. The molecule has 2 heterocycles. The molecule has 0 unspecified atom stereocenters. The molecule has 0 radical (unpaired) electrons. The molecular weight excluding hydrogens is 296 g/mol. The van der Waals surface area contributed by atoms with Crippen molar-refractivity contribution in [2.75, 3.05) is 19.0 Å². The highest BCUT2D eigenvalue weighted by Crippen LogP contribution is 2.17. The third kappa shape index (κ3) is 3.22. The van der Waals surface area contributed by atoms with E-state index in [4.69, 9.17) is 0 Å². The SMILES string of the molecule is Cc1cc2nc(C[n+]3ccc(N(C)C)cc3)[nH]c2cc1C.[Cl-]. The largest absolute Gasteiger partial charge is 1.00 e. The van der Waals surface area contributed by atoms with Crippen LogP contribution < -0.4 is 21.9 Å². The number of aryl methyl sites for hydroxylation is 2. The van der Waals surface area contributed by atoms with Crippen molar-refractivity contribution in [1.82, 2.24) is 9.97 Å². The number of anilines is 1. The quantitative estimate of drug-likeness (QED) is 0.667. The monoisotopic (exact) mass is 316 g/mol. The van der Waals surface area contributed by atoms with E-state index in [0.717, 1.165) is 23.4 Å². The summed E-state index contributed by atoms with van der Waals surface area (Å²) in [7, 11) is 4.09. The maximum absolute atomic E-state index is 4.68. The lowest BCUT2D eigenvalue weighted by Crippen LogP contribution is -3.00. The fourth-order valence-electron chi connectivity index (χ4n) is 2.42. The van der Waals surface area contributed by atoms with Crippen molar-refractivity contribution in [3.05, 3.63) is 53.6 Å². The third-order valence-electron chi connectivity index (χ3n) is 3.87. The van der Waals surface area contributed by atoms with E-state index < -0.39 is 0 Å². The molecule has 0 saturated carbocycles. The van der Waals surface area contributed by atoms with E-state index in [1.165, 1.54) is 16.8 Å². The second-order valence-corrected chi connectivity index (χ2v) is 5.76. The molecule has 0 aliphatic rings. The molecule has 0 atom stereocenters. The van der Waals surface area contributed by atoms with Crippen LogP contribution in [0.25, 0.3) is 11.0 Å². The van der Waals surface area contributed by atoms with E-state index >= 15 is 0 Å². The summed E-state index contributed by atoms with van der Waals surface area (Å²) < 4.78 is 2.13. The van der Waals surface area contributed by atoms with Gasteiger partial charge in [0, 0.05) is 31.9 Å². The van der Waals surface area contributed by atoms with Gasteiger partial charge in [0.15, 0.2) is 18.2 Å². The van der Waals surface area contributed by atoms with E-state index in [9.17, 15) is 0 Å². The normalized spacial score (nSPS) is 10.5. The van der Waals surface area contributed by atoms with Crippen LogP contribution in [0, 0.1) is 13.8 Å². The second kappa shape index (κ2) is 6.36. The number of halogens is 1. The summed E-state index contributed by atoms with van der Waals surface area (Å²) in [5.74, 6) is 0.984. The lowest BCUT2D eigenvalue weighted by atomic mass is 10.1. The zero-order valence-corrected chi connectivity index (χ0v) is 14.1. The van der Waals surface area contributed by atoms with Crippen LogP contribution in [0.5, 0.6) is 0 Å². The number of hydrogen-bond acceptors (Lipinski definition) is 2. The van der Waals surface area contributed by atoms with E-state index in [-0.39, 0.29) is 12.4 Å². The van der Waals surface area contributed by atoms with Crippen molar-refractivity contribution in [2.24, 2.45) is 0 Å². The van der Waals surface area contributed by atoms with Crippen molar-refractivity contribution < 1.29 is 17.0 Å². The molecule has 0 saturated heterocycles. The van der Waals surface area contributed by atoms with Gasteiger partial charge in [-0.2, -0.15) is 4.57 Å². The van der Waals surface area contributed by atoms with Crippen LogP contribution in [0.4, 0.5) is 5.69 Å². The van der Waals surface area contributed by atoms with Gasteiger partial charge < -0.3 is 22.3 Å². The first-order chi connectivity index (χ1) is 10.0. The lowest BCUT2D eigenvalue weighted by molar-refractivity contribution is -0.689. The van der Waals surface area contributed by atoms with Gasteiger partial charge in [0.25, 0.3) is 0 Å². The van der Waals surface area contributed by atoms with Gasteiger partial charge in [-0.15, -0.1) is 0 Å². The molecule has 0 spiro atoms. The number of rotatable bonds is 3. The van der Waals surface area contributed by atoms with Crippen LogP contribution in [0.3, 0.4) is 0 Å². The molecule has 4 nitrogen and oxygen atoms in total. The Labute approximate surface area is 137 Å². The highest BCUT2D eigenvalue weighted by Gasteiger charge is 2.09. The summed E-state index contributed by atoms with van der Waals surface area (Å²) in [6.45, 7) is 5.00. The maximum Gasteiger partial charge on any atom is 0.205 e. The number of fused-ring (bicyclic) bond motifs is 1. The van der Waals surface area contributed by atoms with Crippen LogP contribution >= 0.6 is 0 Å². The summed E-state index contributed by atoms with van der Waals surface area (Å²) in [6.07, 6.45) is 4.16. The molecule has 5 heteroatoms. The predicted octanol–water partition coefficient (Wildman–Crippen LogP) is -0.414. The average Bonchev–Trinajstić information content (AvgIpc) is 2.81. The van der Waals surface area contributed by atoms with Crippen molar-refractivity contribution >= 4 is 16.7 Å². The molecule has 1 N–H and O–H groups in total. The summed E-state index contributed by atoms with van der Waals surface area (Å²) in [6, 6.07) is 8.53. The Balaban J connectivity index is 0.00000176. The Morgan fingerprint density at radius 2 is 1.73 bits per heavy atom. The summed E-state index contributed by atoms with van der Waals surface area (Å²) in [5, 5.41) is 0. The van der Waals surface area contributed by atoms with Gasteiger partial charge in [0.05, 0.1) is 11.0 Å². The van der Waals surface area contributed by atoms with Gasteiger partial charge in [-0.3, -0.25) is 0 Å². The van der Waals surface area contributed by atoms with E-state index in [2.05, 4.69) is 69.9 Å². The van der Waals surface area contributed by atoms with Crippen LogP contribution in [-0.4, -0.2) is 24.1 Å². The van der Waals surface area contributed by atoms with Crippen molar-refractivity contribution in [1.29, 1.82) is 0 Å². The highest BCUT2D eigenvalue weighted by atomic mass is 35.5. The van der Waals surface area contributed by atoms with Gasteiger partial charge in [-0.1, -0.05) is 0 Å². The van der Waals surface area contributed by atoms with Gasteiger partial charge in [0.2, 0.25) is 6.54 Å². The van der Waals surface area contributed by atoms with Crippen molar-refractivity contribution in [3.8, 4) is 0 Å². The number of pyridine rings is 1. The fraction of sp³-hybridized carbons (Fsp3) is 0.294. The minimum atomic E-state index is 0. The van der Waals surface area contributed by atoms with Crippen molar-refractivity contribution in [3.63, 3.8) is 0 Å². The Morgan fingerprint density at radius 3 is 2.36 bits per heavy atom. The van der Waals surface area contributed by atoms with E-state index in [0.29, 0.717) is 0 Å². The Bertz CT molecular complexity index is 736. The summed E-state index contributed by atoms with van der Waals surface area (Å²) in [5.41, 5.74) is 5.92. The number of H-pyrrole nitrogens is 1. The summed E-state index contributed by atoms with van der Waals surface area (Å²) >= 11 is 0. The number of nitrogens with zero attached hydrogens (tertiary/aromatic N) is 3. The minimum absolute atomic E-state index is 0. The minimum Gasteiger partial charge on any atom is -1.00 e. The lowest BCUT2D eigenvalue weighted by Gasteiger charge is -2.10. The molecule has 3 rings (SSSR count).